The molecule has 0 unspecified atom stereocenters. The maximum absolute atomic E-state index is 8.42. The third-order valence-electron chi connectivity index (χ3n) is 0. The third kappa shape index (κ3) is 99.1. The van der Waals surface area contributed by atoms with Gasteiger partial charge in [0.05, 0.1) is 0 Å². The molecule has 0 saturated heterocycles. The van der Waals surface area contributed by atoms with Crippen molar-refractivity contribution < 1.29 is 44.5 Å². The Labute approximate surface area is 74.7 Å². The van der Waals surface area contributed by atoms with Crippen LogP contribution >= 0.6 is 0 Å². The first-order chi connectivity index (χ1) is 1.73. The van der Waals surface area contributed by atoms with Crippen molar-refractivity contribution >= 4 is 30.4 Å². The molecule has 0 heterocycles. The Morgan fingerprint density at radius 2 is 1.00 bits per heavy atom. The summed E-state index contributed by atoms with van der Waals surface area (Å²) in [6.45, 7) is 0. The van der Waals surface area contributed by atoms with Crippen molar-refractivity contribution in [2.45, 2.75) is 0 Å². The summed E-state index contributed by atoms with van der Waals surface area (Å²) in [5.74, 6) is 0. The summed E-state index contributed by atoms with van der Waals surface area (Å²) in [7, 11) is -2.92. The second-order valence-electron chi connectivity index (χ2n) is 0.289. The molecule has 38 valence electrons. The fourth-order valence-electron chi connectivity index (χ4n) is 0. The van der Waals surface area contributed by atoms with Crippen LogP contribution in [-0.2, 0) is 17.1 Å². The molecule has 0 bridgehead atoms. The van der Waals surface area contributed by atoms with Gasteiger partial charge < -0.3 is 27.5 Å². The first kappa shape index (κ1) is 23.6. The third-order valence-corrected chi connectivity index (χ3v) is 0. The predicted molar refractivity (Wildman–Crippen MR) is 11.5 cm³/mol. The average molecular weight is 174 g/mol. The van der Waals surface area contributed by atoms with Gasteiger partial charge in [-0.05, 0) is 0 Å². The van der Waals surface area contributed by atoms with Crippen LogP contribution in [-0.4, -0.2) is 30.4 Å². The zero-order chi connectivity index (χ0) is 3.58. The van der Waals surface area contributed by atoms with Crippen molar-refractivity contribution in [1.29, 1.82) is 0 Å². The Morgan fingerprint density at radius 3 is 1.00 bits per heavy atom. The van der Waals surface area contributed by atoms with E-state index < -0.39 is 7.32 Å². The number of halogens is 1. The molecule has 0 aliphatic heterocycles. The van der Waals surface area contributed by atoms with Crippen LogP contribution in [0.25, 0.3) is 0 Å². The van der Waals surface area contributed by atoms with Gasteiger partial charge in [0, 0.05) is 0 Å². The Morgan fingerprint density at radius 1 is 1.00 bits per heavy atom. The molecule has 0 amide bonds. The molecular weight excluding hydrogens is 174 g/mol. The number of hydrogen-bond donors (Lipinski definition) is 0. The van der Waals surface area contributed by atoms with Crippen LogP contribution in [0.15, 0.2) is 0 Å². The predicted octanol–water partition coefficient (Wildman–Crippen LogP) is -7.33. The van der Waals surface area contributed by atoms with Gasteiger partial charge in [-0.2, -0.15) is 0 Å². The Kier molecular flexibility index (Phi) is 52.7. The van der Waals surface area contributed by atoms with Crippen LogP contribution in [0.4, 0.5) is 0 Å². The molecule has 0 aromatic rings. The summed E-state index contributed by atoms with van der Waals surface area (Å²) in [6.07, 6.45) is 0. The van der Waals surface area contributed by atoms with E-state index in [2.05, 4.69) is 0 Å². The first-order valence-corrected chi connectivity index (χ1v) is 0.707. The van der Waals surface area contributed by atoms with Gasteiger partial charge in [-0.1, -0.05) is 0 Å². The van der Waals surface area contributed by atoms with Crippen molar-refractivity contribution in [2.24, 2.45) is 0 Å². The van der Waals surface area contributed by atoms with Gasteiger partial charge in [0.15, 0.2) is 0 Å². The van der Waals surface area contributed by atoms with Crippen LogP contribution < -0.4 is 27.5 Å². The van der Waals surface area contributed by atoms with E-state index >= 15 is 0 Å². The van der Waals surface area contributed by atoms with Gasteiger partial charge in [0.25, 0.3) is 0 Å². The maximum Gasteiger partial charge on any atom is 2.00 e. The maximum atomic E-state index is 8.42. The summed E-state index contributed by atoms with van der Waals surface area (Å²) in [6, 6.07) is 0. The molecule has 7 heteroatoms. The monoisotopic (exact) mass is 174 g/mol. The van der Waals surface area contributed by atoms with Crippen LogP contribution in [0.5, 0.6) is 0 Å². The van der Waals surface area contributed by atoms with Crippen LogP contribution in [0.3, 0.4) is 0 Å². The van der Waals surface area contributed by atoms with Crippen LogP contribution in [0.1, 0.15) is 0 Å². The van der Waals surface area contributed by atoms with Crippen molar-refractivity contribution in [2.75, 3.05) is 0 Å². The molecule has 0 rings (SSSR count). The molecule has 0 aliphatic rings. The molecule has 0 atom stereocenters. The molecule has 7 heavy (non-hydrogen) atoms. The van der Waals surface area contributed by atoms with Gasteiger partial charge >= 0.3 is 40.1 Å². The average Bonchev–Trinajstić information content (AvgIpc) is 0.811. The summed E-state index contributed by atoms with van der Waals surface area (Å²) < 4.78 is 0. The molecule has 0 saturated carbocycles. The molecular formula is BClFeMgO3. The largest absolute Gasteiger partial charge is 2.00 e. The molecule has 0 aromatic heterocycles. The van der Waals surface area contributed by atoms with Crippen molar-refractivity contribution in [1.82, 2.24) is 0 Å². The fourth-order valence-corrected chi connectivity index (χ4v) is 0. The number of rotatable bonds is 0. The summed E-state index contributed by atoms with van der Waals surface area (Å²) in [5.41, 5.74) is 0. The van der Waals surface area contributed by atoms with Gasteiger partial charge in [0.1, 0.15) is 0 Å². The zero-order valence-corrected chi connectivity index (χ0v) is 6.52. The summed E-state index contributed by atoms with van der Waals surface area (Å²) in [5, 5.41) is 25.2. The van der Waals surface area contributed by atoms with Crippen LogP contribution in [0, 0.1) is 0 Å². The molecule has 0 aromatic carbocycles. The van der Waals surface area contributed by atoms with Crippen molar-refractivity contribution in [3.8, 4) is 0 Å². The fraction of sp³-hybridized carbons (Fsp3) is 0. The van der Waals surface area contributed by atoms with E-state index in [1.807, 2.05) is 0 Å². The molecule has 0 N–H and O–H groups in total. The van der Waals surface area contributed by atoms with E-state index in [0.717, 1.165) is 0 Å². The van der Waals surface area contributed by atoms with E-state index in [1.165, 1.54) is 0 Å². The normalized spacial score (nSPS) is 3.86. The first-order valence-electron chi connectivity index (χ1n) is 0.707. The Balaban J connectivity index is -0.0000000150. The molecule has 0 aliphatic carbocycles. The van der Waals surface area contributed by atoms with Crippen molar-refractivity contribution in [3.05, 3.63) is 0 Å². The second kappa shape index (κ2) is 15.6. The standard InChI is InChI=1S/BO3.ClH.Fe.Mg/c2-1(3)4;;;/h;1H;;/q-3;;2*+2/p-1. The van der Waals surface area contributed by atoms with Gasteiger partial charge in [-0.15, -0.1) is 0 Å². The van der Waals surface area contributed by atoms with Crippen LogP contribution in [0.2, 0.25) is 0 Å². The minimum atomic E-state index is -2.92. The smallest absolute Gasteiger partial charge is 1.00 e. The Bertz CT molecular complexity index is 19.7. The van der Waals surface area contributed by atoms with Gasteiger partial charge in [0.2, 0.25) is 0 Å². The minimum absolute atomic E-state index is 0. The van der Waals surface area contributed by atoms with Gasteiger partial charge in [-0.3, -0.25) is 7.32 Å². The second-order valence-corrected chi connectivity index (χ2v) is 0.289. The molecule has 0 spiro atoms. The summed E-state index contributed by atoms with van der Waals surface area (Å²) >= 11 is 0. The zero-order valence-electron chi connectivity index (χ0n) is 3.24. The van der Waals surface area contributed by atoms with E-state index in [4.69, 9.17) is 15.1 Å². The minimum Gasteiger partial charge on any atom is -1.00 e. The van der Waals surface area contributed by atoms with E-state index in [0.29, 0.717) is 0 Å². The number of hydrogen-bond acceptors (Lipinski definition) is 3. The van der Waals surface area contributed by atoms with Crippen molar-refractivity contribution in [3.63, 3.8) is 0 Å². The van der Waals surface area contributed by atoms with E-state index in [-0.39, 0.29) is 52.5 Å². The molecule has 0 radical (unpaired) electrons. The quantitative estimate of drug-likeness (QED) is 0.343. The van der Waals surface area contributed by atoms with E-state index in [1.54, 1.807) is 0 Å². The van der Waals surface area contributed by atoms with E-state index in [9.17, 15) is 0 Å². The SMILES string of the molecule is [Cl-].[Fe+2].[Mg+2].[O-]B([O-])[O-]. The van der Waals surface area contributed by atoms with Gasteiger partial charge in [-0.25, -0.2) is 0 Å². The topological polar surface area (TPSA) is 69.2 Å². The summed E-state index contributed by atoms with van der Waals surface area (Å²) in [4.78, 5) is 0. The molecule has 3 nitrogen and oxygen atoms in total. The Hall–Kier alpha value is 1.52. The molecule has 0 fully saturated rings.